The molecule has 4 aromatic rings. The van der Waals surface area contributed by atoms with Crippen molar-refractivity contribution in [1.82, 2.24) is 0 Å². The molecule has 0 unspecified atom stereocenters. The van der Waals surface area contributed by atoms with E-state index in [4.69, 9.17) is 18.6 Å². The maximum Gasteiger partial charge on any atom is 0.291 e. The summed E-state index contributed by atoms with van der Waals surface area (Å²) in [5, 5.41) is 3.75. The summed E-state index contributed by atoms with van der Waals surface area (Å²) in [5.74, 6) is 1.90. The van der Waals surface area contributed by atoms with Crippen LogP contribution in [0.15, 0.2) is 77.2 Å². The summed E-state index contributed by atoms with van der Waals surface area (Å²) in [6.45, 7) is 1.41. The Balaban J connectivity index is 1.42. The third-order valence-corrected chi connectivity index (χ3v) is 5.04. The molecule has 0 aliphatic carbocycles. The van der Waals surface area contributed by atoms with Gasteiger partial charge in [0, 0.05) is 29.1 Å². The number of amides is 1. The molecule has 0 saturated heterocycles. The number of nitrogens with one attached hydrogen (secondary N) is 1. The van der Waals surface area contributed by atoms with Crippen molar-refractivity contribution in [3.8, 4) is 17.2 Å². The molecule has 0 saturated carbocycles. The van der Waals surface area contributed by atoms with Crippen molar-refractivity contribution in [3.63, 3.8) is 0 Å². The fraction of sp³-hybridized carbons (Fsp3) is 0.160. The Morgan fingerprint density at radius 1 is 0.903 bits per heavy atom. The van der Waals surface area contributed by atoms with Crippen LogP contribution in [-0.2, 0) is 6.61 Å². The third-order valence-electron chi connectivity index (χ3n) is 5.04. The van der Waals surface area contributed by atoms with E-state index in [1.54, 1.807) is 18.2 Å². The van der Waals surface area contributed by atoms with Gasteiger partial charge in [0.1, 0.15) is 17.9 Å². The molecule has 6 nitrogen and oxygen atoms in total. The highest BCUT2D eigenvalue weighted by atomic mass is 16.5. The first kappa shape index (κ1) is 19.1. The SMILES string of the molecule is O=C(Nc1ccc2c(c1)OCCCO2)c1oc2ccccc2c1COc1ccccc1. The lowest BCUT2D eigenvalue weighted by atomic mass is 10.1. The zero-order chi connectivity index (χ0) is 21.0. The molecule has 1 amide bonds. The van der Waals surface area contributed by atoms with Gasteiger partial charge in [-0.1, -0.05) is 36.4 Å². The van der Waals surface area contributed by atoms with Gasteiger partial charge in [-0.3, -0.25) is 4.79 Å². The van der Waals surface area contributed by atoms with E-state index in [0.29, 0.717) is 41.5 Å². The number of carbonyl (C=O) groups is 1. The van der Waals surface area contributed by atoms with E-state index in [0.717, 1.165) is 17.6 Å². The summed E-state index contributed by atoms with van der Waals surface area (Å²) >= 11 is 0. The molecule has 0 bridgehead atoms. The molecule has 0 radical (unpaired) electrons. The van der Waals surface area contributed by atoms with E-state index < -0.39 is 0 Å². The smallest absolute Gasteiger partial charge is 0.291 e. The van der Waals surface area contributed by atoms with Crippen molar-refractivity contribution in [2.75, 3.05) is 18.5 Å². The molecule has 1 N–H and O–H groups in total. The Morgan fingerprint density at radius 3 is 2.55 bits per heavy atom. The minimum absolute atomic E-state index is 0.213. The molecular formula is C25H21NO5. The molecule has 1 aliphatic rings. The van der Waals surface area contributed by atoms with Crippen LogP contribution in [-0.4, -0.2) is 19.1 Å². The molecule has 0 atom stereocenters. The molecule has 1 aliphatic heterocycles. The van der Waals surface area contributed by atoms with Crippen LogP contribution in [0.2, 0.25) is 0 Å². The summed E-state index contributed by atoms with van der Waals surface area (Å²) in [6.07, 6.45) is 0.820. The highest BCUT2D eigenvalue weighted by molar-refractivity contribution is 6.06. The molecule has 1 aromatic heterocycles. The number of hydrogen-bond donors (Lipinski definition) is 1. The van der Waals surface area contributed by atoms with Crippen LogP contribution in [0.3, 0.4) is 0 Å². The van der Waals surface area contributed by atoms with Crippen LogP contribution in [0.4, 0.5) is 5.69 Å². The van der Waals surface area contributed by atoms with Crippen LogP contribution in [0.25, 0.3) is 11.0 Å². The maximum absolute atomic E-state index is 13.1. The van der Waals surface area contributed by atoms with Gasteiger partial charge in [0.15, 0.2) is 17.3 Å². The van der Waals surface area contributed by atoms with Crippen molar-refractivity contribution in [2.45, 2.75) is 13.0 Å². The fourth-order valence-corrected chi connectivity index (χ4v) is 3.53. The number of furan rings is 1. The van der Waals surface area contributed by atoms with Gasteiger partial charge in [-0.05, 0) is 30.3 Å². The molecule has 0 spiro atoms. The van der Waals surface area contributed by atoms with E-state index in [1.807, 2.05) is 54.6 Å². The molecule has 31 heavy (non-hydrogen) atoms. The largest absolute Gasteiger partial charge is 0.490 e. The highest BCUT2D eigenvalue weighted by Gasteiger charge is 2.22. The fourth-order valence-electron chi connectivity index (χ4n) is 3.53. The van der Waals surface area contributed by atoms with Gasteiger partial charge in [-0.25, -0.2) is 0 Å². The van der Waals surface area contributed by atoms with Crippen molar-refractivity contribution >= 4 is 22.6 Å². The van der Waals surface area contributed by atoms with Crippen molar-refractivity contribution in [2.24, 2.45) is 0 Å². The summed E-state index contributed by atoms with van der Waals surface area (Å²) in [7, 11) is 0. The van der Waals surface area contributed by atoms with Crippen LogP contribution in [0.5, 0.6) is 17.2 Å². The Morgan fingerprint density at radius 2 is 1.68 bits per heavy atom. The van der Waals surface area contributed by atoms with Crippen molar-refractivity contribution in [3.05, 3.63) is 84.1 Å². The average Bonchev–Trinajstić information content (AvgIpc) is 3.01. The van der Waals surface area contributed by atoms with E-state index in [2.05, 4.69) is 5.32 Å². The summed E-state index contributed by atoms with van der Waals surface area (Å²) in [4.78, 5) is 13.1. The van der Waals surface area contributed by atoms with Crippen LogP contribution in [0, 0.1) is 0 Å². The van der Waals surface area contributed by atoms with Crippen molar-refractivity contribution in [1.29, 1.82) is 0 Å². The van der Waals surface area contributed by atoms with E-state index in [1.165, 1.54) is 0 Å². The second-order valence-corrected chi connectivity index (χ2v) is 7.17. The van der Waals surface area contributed by atoms with Gasteiger partial charge in [-0.15, -0.1) is 0 Å². The first-order valence-electron chi connectivity index (χ1n) is 10.2. The predicted octanol–water partition coefficient (Wildman–Crippen LogP) is 5.43. The van der Waals surface area contributed by atoms with Gasteiger partial charge < -0.3 is 23.9 Å². The lowest BCUT2D eigenvalue weighted by molar-refractivity contribution is 0.0995. The molecule has 156 valence electrons. The standard InChI is InChI=1S/C25H21NO5/c27-25(26-17-11-12-22-23(15-17)29-14-6-13-28-22)24-20(16-30-18-7-2-1-3-8-18)19-9-4-5-10-21(19)31-24/h1-5,7-12,15H,6,13-14,16H2,(H,26,27). The van der Waals surface area contributed by atoms with E-state index in [9.17, 15) is 4.79 Å². The number of benzene rings is 3. The number of para-hydroxylation sites is 2. The van der Waals surface area contributed by atoms with Gasteiger partial charge in [-0.2, -0.15) is 0 Å². The Hall–Kier alpha value is -3.93. The monoisotopic (exact) mass is 415 g/mol. The second-order valence-electron chi connectivity index (χ2n) is 7.17. The Kier molecular flexibility index (Phi) is 5.19. The second kappa shape index (κ2) is 8.44. The van der Waals surface area contributed by atoms with Gasteiger partial charge in [0.05, 0.1) is 13.2 Å². The lowest BCUT2D eigenvalue weighted by Gasteiger charge is -2.11. The zero-order valence-electron chi connectivity index (χ0n) is 16.8. The van der Waals surface area contributed by atoms with Gasteiger partial charge >= 0.3 is 0 Å². The zero-order valence-corrected chi connectivity index (χ0v) is 16.8. The Labute approximate surface area is 179 Å². The summed E-state index contributed by atoms with van der Waals surface area (Å²) < 4.78 is 23.2. The van der Waals surface area contributed by atoms with Gasteiger partial charge in [0.2, 0.25) is 0 Å². The van der Waals surface area contributed by atoms with Gasteiger partial charge in [0.25, 0.3) is 5.91 Å². The molecule has 0 fully saturated rings. The number of anilines is 1. The topological polar surface area (TPSA) is 69.9 Å². The normalized spacial score (nSPS) is 12.9. The lowest BCUT2D eigenvalue weighted by Crippen LogP contribution is -2.14. The average molecular weight is 415 g/mol. The number of fused-ring (bicyclic) bond motifs is 2. The molecule has 5 rings (SSSR count). The summed E-state index contributed by atoms with van der Waals surface area (Å²) in [5.41, 5.74) is 1.94. The maximum atomic E-state index is 13.1. The van der Waals surface area contributed by atoms with Crippen molar-refractivity contribution < 1.29 is 23.4 Å². The number of carbonyl (C=O) groups excluding carboxylic acids is 1. The number of rotatable bonds is 5. The number of hydrogen-bond acceptors (Lipinski definition) is 5. The quantitative estimate of drug-likeness (QED) is 0.471. The first-order valence-corrected chi connectivity index (χ1v) is 10.2. The minimum Gasteiger partial charge on any atom is -0.490 e. The van der Waals surface area contributed by atoms with Crippen LogP contribution < -0.4 is 19.5 Å². The Bertz CT molecular complexity index is 1220. The van der Waals surface area contributed by atoms with E-state index >= 15 is 0 Å². The van der Waals surface area contributed by atoms with Crippen LogP contribution >= 0.6 is 0 Å². The highest BCUT2D eigenvalue weighted by Crippen LogP contribution is 2.33. The molecule has 6 heteroatoms. The molecular weight excluding hydrogens is 394 g/mol. The van der Waals surface area contributed by atoms with Crippen LogP contribution in [0.1, 0.15) is 22.5 Å². The van der Waals surface area contributed by atoms with E-state index in [-0.39, 0.29) is 18.3 Å². The first-order chi connectivity index (χ1) is 15.3. The molecule has 3 aromatic carbocycles. The minimum atomic E-state index is -0.350. The third kappa shape index (κ3) is 4.05. The predicted molar refractivity (Wildman–Crippen MR) is 117 cm³/mol. The molecule has 2 heterocycles. The summed E-state index contributed by atoms with van der Waals surface area (Å²) in [6, 6.07) is 22.4. The number of ether oxygens (including phenoxy) is 3.